The monoisotopic (exact) mass is 367 g/mol. The summed E-state index contributed by atoms with van der Waals surface area (Å²) in [6, 6.07) is 6.30. The van der Waals surface area contributed by atoms with Crippen LogP contribution in [0.4, 0.5) is 4.39 Å². The summed E-state index contributed by atoms with van der Waals surface area (Å²) < 4.78 is 15.0. The molecule has 0 radical (unpaired) electrons. The van der Waals surface area contributed by atoms with E-state index in [0.29, 0.717) is 24.3 Å². The van der Waals surface area contributed by atoms with E-state index in [-0.39, 0.29) is 11.7 Å². The summed E-state index contributed by atoms with van der Waals surface area (Å²) in [6.45, 7) is 6.96. The molecule has 0 atom stereocenters. The third kappa shape index (κ3) is 3.08. The Hall–Kier alpha value is -2.80. The molecule has 0 aliphatic carbocycles. The van der Waals surface area contributed by atoms with Gasteiger partial charge in [-0.15, -0.1) is 0 Å². The smallest absolute Gasteiger partial charge is 0.257 e. The molecule has 6 nitrogen and oxygen atoms in total. The number of carbonyl (C=O) groups excluding carboxylic acids is 1. The number of carbonyl (C=O) groups is 1. The van der Waals surface area contributed by atoms with Crippen LogP contribution in [0.1, 0.15) is 21.7 Å². The maximum Gasteiger partial charge on any atom is 0.257 e. The lowest BCUT2D eigenvalue weighted by Crippen LogP contribution is -2.47. The maximum absolute atomic E-state index is 13.3. The van der Waals surface area contributed by atoms with E-state index in [0.717, 1.165) is 35.6 Å². The van der Waals surface area contributed by atoms with Gasteiger partial charge in [0, 0.05) is 37.9 Å². The average Bonchev–Trinajstić information content (AvgIpc) is 3.00. The van der Waals surface area contributed by atoms with E-state index in [2.05, 4.69) is 22.0 Å². The van der Waals surface area contributed by atoms with Gasteiger partial charge in [0.2, 0.25) is 0 Å². The van der Waals surface area contributed by atoms with Crippen molar-refractivity contribution in [3.63, 3.8) is 0 Å². The number of piperazine rings is 1. The van der Waals surface area contributed by atoms with Crippen molar-refractivity contribution in [2.45, 2.75) is 13.8 Å². The molecule has 3 heterocycles. The normalized spacial score (nSPS) is 15.5. The molecule has 2 aromatic heterocycles. The molecule has 1 aromatic carbocycles. The third-order valence-corrected chi connectivity index (χ3v) is 5.21. The van der Waals surface area contributed by atoms with Gasteiger partial charge in [-0.1, -0.05) is 12.1 Å². The number of fused-ring (bicyclic) bond motifs is 1. The molecule has 140 valence electrons. The highest BCUT2D eigenvalue weighted by Gasteiger charge is 2.24. The lowest BCUT2D eigenvalue weighted by atomic mass is 10.1. The largest absolute Gasteiger partial charge is 0.336 e. The number of nitrogens with zero attached hydrogens (tertiary/aromatic N) is 5. The van der Waals surface area contributed by atoms with Gasteiger partial charge < -0.3 is 9.80 Å². The van der Waals surface area contributed by atoms with Crippen LogP contribution in [0.2, 0.25) is 0 Å². The highest BCUT2D eigenvalue weighted by molar-refractivity contribution is 5.95. The van der Waals surface area contributed by atoms with Gasteiger partial charge in [0.1, 0.15) is 5.82 Å². The molecular formula is C20H22FN5O. The Labute approximate surface area is 157 Å². The average molecular weight is 367 g/mol. The number of aryl methyl sites for hydroxylation is 2. The number of benzene rings is 1. The first kappa shape index (κ1) is 17.6. The topological polar surface area (TPSA) is 53.7 Å². The van der Waals surface area contributed by atoms with E-state index in [1.54, 1.807) is 22.8 Å². The summed E-state index contributed by atoms with van der Waals surface area (Å²) in [5, 5.41) is 4.59. The van der Waals surface area contributed by atoms with Crippen molar-refractivity contribution in [3.05, 3.63) is 53.2 Å². The molecule has 1 fully saturated rings. The number of likely N-dealkylation sites (N-methyl/N-ethyl adjacent to an activating group) is 1. The Morgan fingerprint density at radius 2 is 1.74 bits per heavy atom. The standard InChI is InChI=1S/C20H22FN5O/c1-13-18(15-4-6-16(21)7-5-15)19-22-12-17(14(2)26(19)23-13)20(27)25-10-8-24(3)9-11-25/h4-7,12H,8-11H2,1-3H3. The molecule has 1 saturated heterocycles. The van der Waals surface area contributed by atoms with Crippen molar-refractivity contribution in [1.82, 2.24) is 24.4 Å². The lowest BCUT2D eigenvalue weighted by molar-refractivity contribution is 0.0662. The van der Waals surface area contributed by atoms with E-state index in [9.17, 15) is 9.18 Å². The second-order valence-corrected chi connectivity index (χ2v) is 7.06. The molecule has 27 heavy (non-hydrogen) atoms. The van der Waals surface area contributed by atoms with Crippen LogP contribution in [-0.4, -0.2) is 63.5 Å². The van der Waals surface area contributed by atoms with E-state index < -0.39 is 0 Å². The summed E-state index contributed by atoms with van der Waals surface area (Å²) in [5.74, 6) is -0.288. The number of rotatable bonds is 2. The van der Waals surface area contributed by atoms with Crippen molar-refractivity contribution < 1.29 is 9.18 Å². The molecule has 3 aromatic rings. The molecule has 4 rings (SSSR count). The maximum atomic E-state index is 13.3. The highest BCUT2D eigenvalue weighted by Crippen LogP contribution is 2.28. The van der Waals surface area contributed by atoms with Crippen LogP contribution in [0.15, 0.2) is 30.5 Å². The van der Waals surface area contributed by atoms with Crippen molar-refractivity contribution >= 4 is 11.6 Å². The molecular weight excluding hydrogens is 345 g/mol. The van der Waals surface area contributed by atoms with Crippen LogP contribution in [0.25, 0.3) is 16.8 Å². The van der Waals surface area contributed by atoms with Crippen molar-refractivity contribution in [2.24, 2.45) is 0 Å². The summed E-state index contributed by atoms with van der Waals surface area (Å²) in [7, 11) is 2.06. The van der Waals surface area contributed by atoms with E-state index in [4.69, 9.17) is 0 Å². The van der Waals surface area contributed by atoms with Crippen LogP contribution in [0.5, 0.6) is 0 Å². The molecule has 0 N–H and O–H groups in total. The number of halogens is 1. The zero-order valence-corrected chi connectivity index (χ0v) is 15.7. The Bertz CT molecular complexity index is 1000. The Morgan fingerprint density at radius 1 is 1.07 bits per heavy atom. The fourth-order valence-corrected chi connectivity index (χ4v) is 3.55. The van der Waals surface area contributed by atoms with E-state index in [1.807, 2.05) is 18.7 Å². The van der Waals surface area contributed by atoms with Gasteiger partial charge in [-0.3, -0.25) is 4.79 Å². The zero-order chi connectivity index (χ0) is 19.1. The van der Waals surface area contributed by atoms with Gasteiger partial charge in [0.15, 0.2) is 5.65 Å². The predicted octanol–water partition coefficient (Wildman–Crippen LogP) is 2.54. The summed E-state index contributed by atoms with van der Waals surface area (Å²) in [5.41, 5.74) is 4.51. The Balaban J connectivity index is 1.75. The van der Waals surface area contributed by atoms with Gasteiger partial charge in [0.05, 0.1) is 17.0 Å². The van der Waals surface area contributed by atoms with Crippen LogP contribution in [0, 0.1) is 19.7 Å². The second-order valence-electron chi connectivity index (χ2n) is 7.06. The number of amides is 1. The SMILES string of the molecule is Cc1nn2c(C)c(C(=O)N3CCN(C)CC3)cnc2c1-c1ccc(F)cc1. The third-order valence-electron chi connectivity index (χ3n) is 5.21. The molecule has 7 heteroatoms. The number of hydrogen-bond acceptors (Lipinski definition) is 4. The first-order valence-electron chi connectivity index (χ1n) is 9.04. The summed E-state index contributed by atoms with van der Waals surface area (Å²) in [6.07, 6.45) is 1.64. The van der Waals surface area contributed by atoms with Crippen molar-refractivity contribution in [3.8, 4) is 11.1 Å². The van der Waals surface area contributed by atoms with Gasteiger partial charge >= 0.3 is 0 Å². The Kier molecular flexibility index (Phi) is 4.39. The van der Waals surface area contributed by atoms with Crippen molar-refractivity contribution in [2.75, 3.05) is 33.2 Å². The number of hydrogen-bond donors (Lipinski definition) is 0. The van der Waals surface area contributed by atoms with Gasteiger partial charge in [-0.25, -0.2) is 13.9 Å². The second kappa shape index (κ2) is 6.74. The zero-order valence-electron chi connectivity index (χ0n) is 15.7. The number of aromatic nitrogens is 3. The molecule has 0 spiro atoms. The minimum Gasteiger partial charge on any atom is -0.336 e. The first-order chi connectivity index (χ1) is 13.0. The summed E-state index contributed by atoms with van der Waals surface area (Å²) >= 11 is 0. The molecule has 0 bridgehead atoms. The van der Waals surface area contributed by atoms with Crippen LogP contribution in [-0.2, 0) is 0 Å². The Morgan fingerprint density at radius 3 is 2.41 bits per heavy atom. The van der Waals surface area contributed by atoms with Crippen LogP contribution < -0.4 is 0 Å². The minimum absolute atomic E-state index is 0.00788. The molecule has 1 amide bonds. The molecule has 0 unspecified atom stereocenters. The van der Waals surface area contributed by atoms with Gasteiger partial charge in [-0.2, -0.15) is 5.10 Å². The quantitative estimate of drug-likeness (QED) is 0.699. The molecule has 0 saturated carbocycles. The minimum atomic E-state index is -0.280. The first-order valence-corrected chi connectivity index (χ1v) is 9.04. The van der Waals surface area contributed by atoms with Gasteiger partial charge in [0.25, 0.3) is 5.91 Å². The highest BCUT2D eigenvalue weighted by atomic mass is 19.1. The fourth-order valence-electron chi connectivity index (χ4n) is 3.55. The van der Waals surface area contributed by atoms with E-state index >= 15 is 0 Å². The predicted molar refractivity (Wildman–Crippen MR) is 101 cm³/mol. The molecule has 1 aliphatic rings. The van der Waals surface area contributed by atoms with Crippen LogP contribution >= 0.6 is 0 Å². The van der Waals surface area contributed by atoms with Gasteiger partial charge in [-0.05, 0) is 38.6 Å². The lowest BCUT2D eigenvalue weighted by Gasteiger charge is -2.32. The molecule has 1 aliphatic heterocycles. The fraction of sp³-hybridized carbons (Fsp3) is 0.350. The van der Waals surface area contributed by atoms with Crippen LogP contribution in [0.3, 0.4) is 0 Å². The summed E-state index contributed by atoms with van der Waals surface area (Å²) in [4.78, 5) is 21.6. The van der Waals surface area contributed by atoms with E-state index in [1.165, 1.54) is 12.1 Å². The van der Waals surface area contributed by atoms with Crippen molar-refractivity contribution in [1.29, 1.82) is 0 Å².